The molecule has 1 rings (SSSR count). The van der Waals surface area contributed by atoms with E-state index in [1.807, 2.05) is 32.0 Å². The van der Waals surface area contributed by atoms with Crippen molar-refractivity contribution in [3.63, 3.8) is 0 Å². The maximum Gasteiger partial charge on any atom is 0.144 e. The lowest BCUT2D eigenvalue weighted by atomic mass is 10.1. The van der Waals surface area contributed by atoms with Crippen LogP contribution in [0.25, 0.3) is 0 Å². The molecular formula is C14H24N2O2. The topological polar surface area (TPSA) is 67.5 Å². The molecule has 0 saturated carbocycles. The number of nitrogen functional groups attached to an aromatic ring is 1. The van der Waals surface area contributed by atoms with Gasteiger partial charge < -0.3 is 20.9 Å². The Hall–Kier alpha value is -1.42. The van der Waals surface area contributed by atoms with Crippen molar-refractivity contribution in [1.29, 1.82) is 0 Å². The smallest absolute Gasteiger partial charge is 0.144 e. The molecule has 0 fully saturated rings. The van der Waals surface area contributed by atoms with Gasteiger partial charge in [0.05, 0.1) is 18.4 Å². The summed E-state index contributed by atoms with van der Waals surface area (Å²) in [6.45, 7) is 7.21. The molecule has 0 aliphatic heterocycles. The molecule has 0 heterocycles. The molecule has 4 nitrogen and oxygen atoms in total. The number of rotatable bonds is 7. The van der Waals surface area contributed by atoms with Crippen molar-refractivity contribution in [2.24, 2.45) is 5.92 Å². The van der Waals surface area contributed by atoms with Gasteiger partial charge >= 0.3 is 0 Å². The van der Waals surface area contributed by atoms with Crippen LogP contribution in [0.3, 0.4) is 0 Å². The average molecular weight is 252 g/mol. The third-order valence-corrected chi connectivity index (χ3v) is 2.76. The van der Waals surface area contributed by atoms with Crippen molar-refractivity contribution < 1.29 is 9.84 Å². The Balaban J connectivity index is 2.61. The van der Waals surface area contributed by atoms with Gasteiger partial charge in [0, 0.05) is 18.3 Å². The number of hydrogen-bond donors (Lipinski definition) is 3. The molecule has 0 aromatic heterocycles. The number of hydrogen-bond acceptors (Lipinski definition) is 4. The Kier molecular flexibility index (Phi) is 5.78. The van der Waals surface area contributed by atoms with Crippen LogP contribution in [0.15, 0.2) is 18.2 Å². The lowest BCUT2D eigenvalue weighted by molar-refractivity contribution is 0.138. The van der Waals surface area contributed by atoms with Crippen LogP contribution >= 0.6 is 0 Å². The summed E-state index contributed by atoms with van der Waals surface area (Å²) in [5, 5.41) is 12.9. The van der Waals surface area contributed by atoms with Crippen LogP contribution in [0, 0.1) is 5.92 Å². The van der Waals surface area contributed by atoms with E-state index in [0.29, 0.717) is 24.6 Å². The van der Waals surface area contributed by atoms with Crippen LogP contribution in [-0.4, -0.2) is 24.4 Å². The molecule has 102 valence electrons. The Morgan fingerprint density at radius 3 is 2.72 bits per heavy atom. The number of aliphatic hydroxyl groups is 1. The summed E-state index contributed by atoms with van der Waals surface area (Å²) in [4.78, 5) is 0. The molecule has 0 saturated heterocycles. The minimum Gasteiger partial charge on any atom is -0.491 e. The van der Waals surface area contributed by atoms with Crippen molar-refractivity contribution in [3.05, 3.63) is 18.2 Å². The van der Waals surface area contributed by atoms with Crippen molar-refractivity contribution in [1.82, 2.24) is 0 Å². The van der Waals surface area contributed by atoms with E-state index >= 15 is 0 Å². The summed E-state index contributed by atoms with van der Waals surface area (Å²) in [6.07, 6.45) is 0.589. The van der Waals surface area contributed by atoms with Gasteiger partial charge in [0.25, 0.3) is 0 Å². The van der Waals surface area contributed by atoms with Crippen LogP contribution < -0.4 is 15.8 Å². The fraction of sp³-hybridized carbons (Fsp3) is 0.571. The van der Waals surface area contributed by atoms with E-state index in [9.17, 15) is 5.11 Å². The number of ether oxygens (including phenoxy) is 1. The van der Waals surface area contributed by atoms with Crippen LogP contribution in [0.4, 0.5) is 11.4 Å². The van der Waals surface area contributed by atoms with E-state index in [-0.39, 0.29) is 12.0 Å². The predicted octanol–water partition coefficient (Wildman–Crippen LogP) is 2.49. The largest absolute Gasteiger partial charge is 0.491 e. The second-order valence-corrected chi connectivity index (χ2v) is 4.79. The van der Waals surface area contributed by atoms with Crippen LogP contribution in [-0.2, 0) is 0 Å². The van der Waals surface area contributed by atoms with Crippen molar-refractivity contribution >= 4 is 11.4 Å². The Morgan fingerprint density at radius 1 is 1.39 bits per heavy atom. The highest BCUT2D eigenvalue weighted by molar-refractivity contribution is 5.61. The molecule has 0 amide bonds. The van der Waals surface area contributed by atoms with Gasteiger partial charge in [0.1, 0.15) is 5.75 Å². The normalized spacial score (nSPS) is 12.5. The fourth-order valence-electron chi connectivity index (χ4n) is 1.44. The van der Waals surface area contributed by atoms with Crippen molar-refractivity contribution in [2.75, 3.05) is 24.2 Å². The van der Waals surface area contributed by atoms with Gasteiger partial charge in [-0.2, -0.15) is 0 Å². The van der Waals surface area contributed by atoms with Gasteiger partial charge in [-0.1, -0.05) is 20.8 Å². The zero-order chi connectivity index (χ0) is 13.5. The van der Waals surface area contributed by atoms with Gasteiger partial charge in [0.15, 0.2) is 0 Å². The molecular weight excluding hydrogens is 228 g/mol. The number of nitrogens with two attached hydrogens (primary N) is 1. The van der Waals surface area contributed by atoms with E-state index < -0.39 is 0 Å². The predicted molar refractivity (Wildman–Crippen MR) is 76.0 cm³/mol. The number of benzene rings is 1. The van der Waals surface area contributed by atoms with E-state index in [1.54, 1.807) is 0 Å². The first-order valence-corrected chi connectivity index (χ1v) is 6.48. The van der Waals surface area contributed by atoms with Crippen LogP contribution in [0.5, 0.6) is 5.75 Å². The monoisotopic (exact) mass is 252 g/mol. The van der Waals surface area contributed by atoms with Gasteiger partial charge in [-0.25, -0.2) is 0 Å². The second kappa shape index (κ2) is 7.11. The van der Waals surface area contributed by atoms with Gasteiger partial charge in [-0.3, -0.25) is 0 Å². The van der Waals surface area contributed by atoms with Crippen LogP contribution in [0.2, 0.25) is 0 Å². The summed E-state index contributed by atoms with van der Waals surface area (Å²) in [5.41, 5.74) is 7.38. The SMILES string of the molecule is CCCOc1cc(NCC(O)C(C)C)ccc1N. The minimum atomic E-state index is -0.359. The second-order valence-electron chi connectivity index (χ2n) is 4.79. The number of nitrogens with one attached hydrogen (secondary N) is 1. The molecule has 0 spiro atoms. The first kappa shape index (κ1) is 14.6. The molecule has 18 heavy (non-hydrogen) atoms. The molecule has 1 aromatic rings. The molecule has 1 atom stereocenters. The quantitative estimate of drug-likeness (QED) is 0.652. The molecule has 0 radical (unpaired) electrons. The molecule has 0 aliphatic rings. The molecule has 0 bridgehead atoms. The Bertz CT molecular complexity index is 367. The third kappa shape index (κ3) is 4.45. The summed E-state index contributed by atoms with van der Waals surface area (Å²) >= 11 is 0. The Morgan fingerprint density at radius 2 is 2.11 bits per heavy atom. The van der Waals surface area contributed by atoms with Gasteiger partial charge in [-0.15, -0.1) is 0 Å². The van der Waals surface area contributed by atoms with E-state index in [1.165, 1.54) is 0 Å². The average Bonchev–Trinajstić information content (AvgIpc) is 2.35. The minimum absolute atomic E-state index is 0.238. The van der Waals surface area contributed by atoms with E-state index in [2.05, 4.69) is 12.2 Å². The standard InChI is InChI=1S/C14H24N2O2/c1-4-7-18-14-8-11(5-6-12(14)15)16-9-13(17)10(2)3/h5-6,8,10,13,16-17H,4,7,9,15H2,1-3H3. The highest BCUT2D eigenvalue weighted by Crippen LogP contribution is 2.25. The summed E-state index contributed by atoms with van der Waals surface area (Å²) < 4.78 is 5.55. The van der Waals surface area contributed by atoms with Gasteiger partial charge in [0.2, 0.25) is 0 Å². The first-order chi connectivity index (χ1) is 8.54. The van der Waals surface area contributed by atoms with Gasteiger partial charge in [-0.05, 0) is 24.5 Å². The highest BCUT2D eigenvalue weighted by Gasteiger charge is 2.09. The molecule has 4 N–H and O–H groups in total. The zero-order valence-electron chi connectivity index (χ0n) is 11.4. The van der Waals surface area contributed by atoms with E-state index in [0.717, 1.165) is 12.1 Å². The van der Waals surface area contributed by atoms with E-state index in [4.69, 9.17) is 10.5 Å². The summed E-state index contributed by atoms with van der Waals surface area (Å²) in [7, 11) is 0. The summed E-state index contributed by atoms with van der Waals surface area (Å²) in [6, 6.07) is 5.58. The maximum absolute atomic E-state index is 9.73. The van der Waals surface area contributed by atoms with Crippen molar-refractivity contribution in [3.8, 4) is 5.75 Å². The fourth-order valence-corrected chi connectivity index (χ4v) is 1.44. The maximum atomic E-state index is 9.73. The molecule has 1 unspecified atom stereocenters. The lowest BCUT2D eigenvalue weighted by Gasteiger charge is -2.17. The first-order valence-electron chi connectivity index (χ1n) is 6.48. The molecule has 0 aliphatic carbocycles. The summed E-state index contributed by atoms with van der Waals surface area (Å²) in [5.74, 6) is 0.933. The highest BCUT2D eigenvalue weighted by atomic mass is 16.5. The molecule has 1 aromatic carbocycles. The lowest BCUT2D eigenvalue weighted by Crippen LogP contribution is -2.24. The number of aliphatic hydroxyl groups excluding tert-OH is 1. The zero-order valence-corrected chi connectivity index (χ0v) is 11.4. The third-order valence-electron chi connectivity index (χ3n) is 2.76. The molecule has 4 heteroatoms. The Labute approximate surface area is 109 Å². The number of anilines is 2. The van der Waals surface area contributed by atoms with Crippen LogP contribution in [0.1, 0.15) is 27.2 Å². The van der Waals surface area contributed by atoms with Crippen molar-refractivity contribution in [2.45, 2.75) is 33.3 Å².